The van der Waals surface area contributed by atoms with Crippen molar-refractivity contribution in [3.05, 3.63) is 35.4 Å². The van der Waals surface area contributed by atoms with Gasteiger partial charge in [0.05, 0.1) is 5.41 Å². The van der Waals surface area contributed by atoms with E-state index in [9.17, 15) is 4.79 Å². The summed E-state index contributed by atoms with van der Waals surface area (Å²) in [5.74, 6) is 3.74. The lowest BCUT2D eigenvalue weighted by Gasteiger charge is -2.55. The summed E-state index contributed by atoms with van der Waals surface area (Å²) in [6.45, 7) is 2.18. The number of rotatable bonds is 2. The Bertz CT molecular complexity index is 638. The van der Waals surface area contributed by atoms with Crippen molar-refractivity contribution in [3.63, 3.8) is 0 Å². The van der Waals surface area contributed by atoms with Crippen LogP contribution in [0.4, 0.5) is 0 Å². The van der Waals surface area contributed by atoms with Crippen molar-refractivity contribution in [1.29, 1.82) is 0 Å². The van der Waals surface area contributed by atoms with Crippen LogP contribution in [-0.4, -0.2) is 11.9 Å². The molecule has 0 spiro atoms. The van der Waals surface area contributed by atoms with Crippen LogP contribution in [-0.2, 0) is 16.6 Å². The van der Waals surface area contributed by atoms with Crippen molar-refractivity contribution in [2.45, 2.75) is 69.7 Å². The Morgan fingerprint density at radius 1 is 1.04 bits per heavy atom. The number of amides is 1. The van der Waals surface area contributed by atoms with Gasteiger partial charge in [0.25, 0.3) is 0 Å². The van der Waals surface area contributed by atoms with E-state index in [1.807, 2.05) is 0 Å². The maximum atomic E-state index is 13.4. The van der Waals surface area contributed by atoms with E-state index >= 15 is 0 Å². The molecule has 4 saturated carbocycles. The monoisotopic (exact) mass is 323 g/mol. The molecule has 6 rings (SSSR count). The Labute approximate surface area is 145 Å². The Balaban J connectivity index is 1.39. The van der Waals surface area contributed by atoms with Gasteiger partial charge in [-0.2, -0.15) is 0 Å². The van der Waals surface area contributed by atoms with Gasteiger partial charge >= 0.3 is 0 Å². The highest BCUT2D eigenvalue weighted by Gasteiger charge is 2.50. The zero-order valence-corrected chi connectivity index (χ0v) is 14.8. The van der Waals surface area contributed by atoms with E-state index in [0.717, 1.165) is 42.9 Å². The smallest absolute Gasteiger partial charge is 0.230 e. The largest absolute Gasteiger partial charge is 0.352 e. The van der Waals surface area contributed by atoms with E-state index in [2.05, 4.69) is 36.5 Å². The van der Waals surface area contributed by atoms with Gasteiger partial charge in [0.1, 0.15) is 0 Å². The van der Waals surface area contributed by atoms with Crippen molar-refractivity contribution >= 4 is 5.91 Å². The molecule has 0 aliphatic heterocycles. The fraction of sp³-hybridized carbons (Fsp3) is 0.682. The lowest BCUT2D eigenvalue weighted by atomic mass is 9.54. The lowest BCUT2D eigenvalue weighted by Crippen LogP contribution is -2.58. The highest BCUT2D eigenvalue weighted by Crippen LogP contribution is 2.54. The molecule has 1 aromatic carbocycles. The zero-order valence-electron chi connectivity index (χ0n) is 14.8. The predicted octanol–water partition coefficient (Wildman–Crippen LogP) is 4.22. The third kappa shape index (κ3) is 2.18. The number of aryl methyl sites for hydroxylation is 1. The van der Waals surface area contributed by atoms with Crippen LogP contribution in [0.25, 0.3) is 0 Å². The van der Waals surface area contributed by atoms with Gasteiger partial charge in [-0.15, -0.1) is 0 Å². The molecule has 1 unspecified atom stereocenters. The second kappa shape index (κ2) is 5.34. The van der Waals surface area contributed by atoms with Crippen LogP contribution < -0.4 is 5.32 Å². The number of carbonyl (C=O) groups is 1. The Morgan fingerprint density at radius 2 is 1.71 bits per heavy atom. The molecule has 1 aromatic rings. The van der Waals surface area contributed by atoms with Crippen molar-refractivity contribution < 1.29 is 4.79 Å². The molecular weight excluding hydrogens is 294 g/mol. The number of benzene rings is 1. The van der Waals surface area contributed by atoms with E-state index in [1.165, 1.54) is 43.2 Å². The maximum Gasteiger partial charge on any atom is 0.230 e. The molecular formula is C22H29NO. The van der Waals surface area contributed by atoms with E-state index in [-0.39, 0.29) is 5.41 Å². The van der Waals surface area contributed by atoms with Crippen molar-refractivity contribution in [2.75, 3.05) is 0 Å². The normalized spacial score (nSPS) is 42.6. The van der Waals surface area contributed by atoms with Crippen LogP contribution in [0.2, 0.25) is 0 Å². The summed E-state index contributed by atoms with van der Waals surface area (Å²) in [5.41, 5.74) is 2.33. The van der Waals surface area contributed by atoms with Gasteiger partial charge in [0.2, 0.25) is 5.91 Å². The van der Waals surface area contributed by atoms with E-state index < -0.39 is 0 Å². The zero-order chi connectivity index (χ0) is 16.3. The average Bonchev–Trinajstić information content (AvgIpc) is 2.58. The molecule has 128 valence electrons. The third-order valence-corrected chi connectivity index (χ3v) is 7.76. The number of fused-ring (bicyclic) bond motifs is 1. The Hall–Kier alpha value is -1.31. The van der Waals surface area contributed by atoms with Crippen molar-refractivity contribution in [3.8, 4) is 0 Å². The van der Waals surface area contributed by atoms with Crippen molar-refractivity contribution in [1.82, 2.24) is 5.32 Å². The van der Waals surface area contributed by atoms with Gasteiger partial charge in [-0.25, -0.2) is 0 Å². The van der Waals surface area contributed by atoms with E-state index in [1.54, 1.807) is 0 Å². The number of hydrogen-bond acceptors (Lipinski definition) is 1. The molecule has 0 saturated heterocycles. The molecule has 0 radical (unpaired) electrons. The predicted molar refractivity (Wildman–Crippen MR) is 95.7 cm³/mol. The molecule has 0 aromatic heterocycles. The highest BCUT2D eigenvalue weighted by atomic mass is 16.2. The number of carbonyl (C=O) groups excluding carboxylic acids is 1. The quantitative estimate of drug-likeness (QED) is 0.867. The average molecular weight is 323 g/mol. The fourth-order valence-corrected chi connectivity index (χ4v) is 6.75. The molecule has 24 heavy (non-hydrogen) atoms. The maximum absolute atomic E-state index is 13.4. The summed E-state index contributed by atoms with van der Waals surface area (Å²) in [5, 5.41) is 3.57. The standard InChI is InChI=1S/C22H29NO/c1-22(8-4-6-16-5-2-3-7-19(16)22)21(24)23-20-17-10-14-9-15(12-17)13-18(20)11-14/h2-3,5,7,14-15,17-18,20H,4,6,8-13H2,1H3,(H,23,24). The molecule has 2 heteroatoms. The molecule has 4 fully saturated rings. The first-order valence-electron chi connectivity index (χ1n) is 10.0. The van der Waals surface area contributed by atoms with Crippen LogP contribution in [0.1, 0.15) is 63.0 Å². The molecule has 5 aliphatic carbocycles. The van der Waals surface area contributed by atoms with Gasteiger partial charge in [0.15, 0.2) is 0 Å². The van der Waals surface area contributed by atoms with Crippen LogP contribution in [0.3, 0.4) is 0 Å². The first kappa shape index (κ1) is 15.0. The van der Waals surface area contributed by atoms with Crippen LogP contribution >= 0.6 is 0 Å². The molecule has 5 aliphatic rings. The summed E-state index contributed by atoms with van der Waals surface area (Å²) in [6.07, 6.45) is 10.2. The van der Waals surface area contributed by atoms with Gasteiger partial charge in [0, 0.05) is 6.04 Å². The first-order valence-corrected chi connectivity index (χ1v) is 10.0. The third-order valence-electron chi connectivity index (χ3n) is 7.76. The SMILES string of the molecule is CC1(C(=O)NC2C3CC4CC(C3)CC2C4)CCCc2ccccc21. The topological polar surface area (TPSA) is 29.1 Å². The number of hydrogen-bond donors (Lipinski definition) is 1. The fourth-order valence-electron chi connectivity index (χ4n) is 6.75. The Morgan fingerprint density at radius 3 is 2.42 bits per heavy atom. The summed E-state index contributed by atoms with van der Waals surface area (Å²) >= 11 is 0. The molecule has 1 amide bonds. The van der Waals surface area contributed by atoms with E-state index in [0.29, 0.717) is 11.9 Å². The summed E-state index contributed by atoms with van der Waals surface area (Å²) in [6, 6.07) is 9.06. The highest BCUT2D eigenvalue weighted by molar-refractivity contribution is 5.88. The van der Waals surface area contributed by atoms with Gasteiger partial charge in [-0.1, -0.05) is 24.3 Å². The summed E-state index contributed by atoms with van der Waals surface area (Å²) < 4.78 is 0. The molecule has 2 nitrogen and oxygen atoms in total. The minimum Gasteiger partial charge on any atom is -0.352 e. The second-order valence-electron chi connectivity index (χ2n) is 9.27. The molecule has 4 bridgehead atoms. The molecule has 1 atom stereocenters. The van der Waals surface area contributed by atoms with Crippen molar-refractivity contribution in [2.24, 2.45) is 23.7 Å². The lowest BCUT2D eigenvalue weighted by molar-refractivity contribution is -0.130. The van der Waals surface area contributed by atoms with Crippen LogP contribution in [0.5, 0.6) is 0 Å². The van der Waals surface area contributed by atoms with Crippen LogP contribution in [0, 0.1) is 23.7 Å². The second-order valence-corrected chi connectivity index (χ2v) is 9.27. The molecule has 1 N–H and O–H groups in total. The number of nitrogens with one attached hydrogen (secondary N) is 1. The minimum absolute atomic E-state index is 0.298. The minimum atomic E-state index is -0.330. The van der Waals surface area contributed by atoms with E-state index in [4.69, 9.17) is 0 Å². The van der Waals surface area contributed by atoms with Gasteiger partial charge < -0.3 is 5.32 Å². The Kier molecular flexibility index (Phi) is 3.34. The molecule has 0 heterocycles. The summed E-state index contributed by atoms with van der Waals surface area (Å²) in [4.78, 5) is 13.4. The van der Waals surface area contributed by atoms with Gasteiger partial charge in [-0.05, 0) is 93.1 Å². The summed E-state index contributed by atoms with van der Waals surface area (Å²) in [7, 11) is 0. The first-order chi connectivity index (χ1) is 11.6. The van der Waals surface area contributed by atoms with Crippen LogP contribution in [0.15, 0.2) is 24.3 Å². The van der Waals surface area contributed by atoms with Gasteiger partial charge in [-0.3, -0.25) is 4.79 Å².